The predicted molar refractivity (Wildman–Crippen MR) is 57.6 cm³/mol. The number of ether oxygens (including phenoxy) is 1. The Morgan fingerprint density at radius 3 is 2.73 bits per heavy atom. The van der Waals surface area contributed by atoms with Crippen LogP contribution in [0.25, 0.3) is 0 Å². The number of nitrogens with zero attached hydrogens (tertiary/aromatic N) is 2. The van der Waals surface area contributed by atoms with E-state index in [1.807, 2.05) is 4.90 Å². The molecule has 0 aromatic heterocycles. The summed E-state index contributed by atoms with van der Waals surface area (Å²) in [4.78, 5) is 16.2. The fourth-order valence-electron chi connectivity index (χ4n) is 2.02. The SMILES string of the molecule is CN1CCC=C(C(=O)N2CCOCC2)C1. The summed E-state index contributed by atoms with van der Waals surface area (Å²) in [5.41, 5.74) is 0.950. The zero-order chi connectivity index (χ0) is 10.7. The zero-order valence-electron chi connectivity index (χ0n) is 9.24. The minimum absolute atomic E-state index is 0.199. The van der Waals surface area contributed by atoms with E-state index in [4.69, 9.17) is 4.74 Å². The van der Waals surface area contributed by atoms with E-state index in [0.29, 0.717) is 13.2 Å². The molecule has 1 saturated heterocycles. The van der Waals surface area contributed by atoms with Crippen LogP contribution in [-0.2, 0) is 9.53 Å². The van der Waals surface area contributed by atoms with Gasteiger partial charge >= 0.3 is 0 Å². The number of likely N-dealkylation sites (N-methyl/N-ethyl adjacent to an activating group) is 1. The molecule has 0 bridgehead atoms. The van der Waals surface area contributed by atoms with Crippen molar-refractivity contribution >= 4 is 5.91 Å². The standard InChI is InChI=1S/C11H18N2O2/c1-12-4-2-3-10(9-12)11(14)13-5-7-15-8-6-13/h3H,2,4-9H2,1H3. The number of carbonyl (C=O) groups is 1. The molecule has 0 aromatic rings. The van der Waals surface area contributed by atoms with Crippen LogP contribution in [0, 0.1) is 0 Å². The van der Waals surface area contributed by atoms with Gasteiger partial charge in [0, 0.05) is 31.8 Å². The molecule has 4 heteroatoms. The van der Waals surface area contributed by atoms with Crippen molar-refractivity contribution in [3.8, 4) is 0 Å². The summed E-state index contributed by atoms with van der Waals surface area (Å²) in [5, 5.41) is 0. The minimum atomic E-state index is 0.199. The molecule has 0 radical (unpaired) electrons. The molecule has 2 aliphatic rings. The third-order valence-corrected chi connectivity index (χ3v) is 2.91. The molecule has 0 aromatic carbocycles. The lowest BCUT2D eigenvalue weighted by Gasteiger charge is -2.30. The molecule has 15 heavy (non-hydrogen) atoms. The summed E-state index contributed by atoms with van der Waals surface area (Å²) in [6, 6.07) is 0. The van der Waals surface area contributed by atoms with Gasteiger partial charge in [0.2, 0.25) is 0 Å². The smallest absolute Gasteiger partial charge is 0.250 e. The summed E-state index contributed by atoms with van der Waals surface area (Å²) >= 11 is 0. The van der Waals surface area contributed by atoms with Crippen molar-refractivity contribution < 1.29 is 9.53 Å². The van der Waals surface area contributed by atoms with Gasteiger partial charge < -0.3 is 14.5 Å². The van der Waals surface area contributed by atoms with Gasteiger partial charge in [-0.2, -0.15) is 0 Å². The number of hydrogen-bond donors (Lipinski definition) is 0. The minimum Gasteiger partial charge on any atom is -0.378 e. The fraction of sp³-hybridized carbons (Fsp3) is 0.727. The van der Waals surface area contributed by atoms with Crippen LogP contribution in [0.4, 0.5) is 0 Å². The molecule has 0 saturated carbocycles. The van der Waals surface area contributed by atoms with Crippen LogP contribution >= 0.6 is 0 Å². The maximum Gasteiger partial charge on any atom is 0.250 e. The molecule has 2 heterocycles. The van der Waals surface area contributed by atoms with Crippen molar-refractivity contribution in [2.24, 2.45) is 0 Å². The first-order valence-corrected chi connectivity index (χ1v) is 5.52. The lowest BCUT2D eigenvalue weighted by atomic mass is 10.1. The molecule has 84 valence electrons. The highest BCUT2D eigenvalue weighted by Crippen LogP contribution is 2.12. The van der Waals surface area contributed by atoms with Crippen molar-refractivity contribution in [1.29, 1.82) is 0 Å². The Bertz CT molecular complexity index is 270. The third kappa shape index (κ3) is 2.58. The topological polar surface area (TPSA) is 32.8 Å². The van der Waals surface area contributed by atoms with Crippen molar-refractivity contribution in [2.45, 2.75) is 6.42 Å². The zero-order valence-corrected chi connectivity index (χ0v) is 9.24. The molecule has 4 nitrogen and oxygen atoms in total. The van der Waals surface area contributed by atoms with Crippen LogP contribution in [0.15, 0.2) is 11.6 Å². The van der Waals surface area contributed by atoms with Gasteiger partial charge in [0.25, 0.3) is 5.91 Å². The van der Waals surface area contributed by atoms with Crippen LogP contribution in [0.3, 0.4) is 0 Å². The van der Waals surface area contributed by atoms with Crippen LogP contribution in [0.5, 0.6) is 0 Å². The van der Waals surface area contributed by atoms with Crippen molar-refractivity contribution in [1.82, 2.24) is 9.80 Å². The molecule has 0 unspecified atom stereocenters. The Kier molecular flexibility index (Phi) is 3.38. The molecular formula is C11H18N2O2. The monoisotopic (exact) mass is 210 g/mol. The molecule has 1 fully saturated rings. The van der Waals surface area contributed by atoms with Crippen molar-refractivity contribution in [3.63, 3.8) is 0 Å². The summed E-state index contributed by atoms with van der Waals surface area (Å²) in [6.07, 6.45) is 3.07. The van der Waals surface area contributed by atoms with Crippen molar-refractivity contribution in [2.75, 3.05) is 46.4 Å². The van der Waals surface area contributed by atoms with E-state index >= 15 is 0 Å². The van der Waals surface area contributed by atoms with Gasteiger partial charge in [-0.1, -0.05) is 6.08 Å². The van der Waals surface area contributed by atoms with Gasteiger partial charge in [-0.25, -0.2) is 0 Å². The predicted octanol–water partition coefficient (Wildman–Crippen LogP) is 0.107. The molecule has 1 amide bonds. The Hall–Kier alpha value is -0.870. The number of hydrogen-bond acceptors (Lipinski definition) is 3. The van der Waals surface area contributed by atoms with Crippen molar-refractivity contribution in [3.05, 3.63) is 11.6 Å². The second-order valence-corrected chi connectivity index (χ2v) is 4.16. The Morgan fingerprint density at radius 2 is 2.07 bits per heavy atom. The lowest BCUT2D eigenvalue weighted by Crippen LogP contribution is -2.43. The second kappa shape index (κ2) is 4.77. The highest BCUT2D eigenvalue weighted by atomic mass is 16.5. The largest absolute Gasteiger partial charge is 0.378 e. The lowest BCUT2D eigenvalue weighted by molar-refractivity contribution is -0.131. The van der Waals surface area contributed by atoms with Gasteiger partial charge in [-0.15, -0.1) is 0 Å². The number of amides is 1. The normalized spacial score (nSPS) is 23.8. The quantitative estimate of drug-likeness (QED) is 0.615. The van der Waals surface area contributed by atoms with Gasteiger partial charge in [0.1, 0.15) is 0 Å². The van der Waals surface area contributed by atoms with E-state index in [1.165, 1.54) is 0 Å². The maximum atomic E-state index is 12.1. The van der Waals surface area contributed by atoms with E-state index in [1.54, 1.807) is 0 Å². The fourth-order valence-corrected chi connectivity index (χ4v) is 2.02. The van der Waals surface area contributed by atoms with Crippen LogP contribution < -0.4 is 0 Å². The number of carbonyl (C=O) groups excluding carboxylic acids is 1. The molecule has 0 N–H and O–H groups in total. The Labute approximate surface area is 90.5 Å². The Balaban J connectivity index is 1.97. The molecule has 0 spiro atoms. The highest BCUT2D eigenvalue weighted by Gasteiger charge is 2.22. The first-order valence-electron chi connectivity index (χ1n) is 5.52. The van der Waals surface area contributed by atoms with E-state index in [0.717, 1.165) is 38.2 Å². The third-order valence-electron chi connectivity index (χ3n) is 2.91. The van der Waals surface area contributed by atoms with E-state index < -0.39 is 0 Å². The summed E-state index contributed by atoms with van der Waals surface area (Å²) < 4.78 is 5.23. The average molecular weight is 210 g/mol. The molecule has 0 atom stereocenters. The average Bonchev–Trinajstić information content (AvgIpc) is 2.29. The summed E-state index contributed by atoms with van der Waals surface area (Å²) in [6.45, 7) is 4.67. The number of rotatable bonds is 1. The first-order chi connectivity index (χ1) is 7.27. The molecule has 0 aliphatic carbocycles. The van der Waals surface area contributed by atoms with Gasteiger partial charge in [0.15, 0.2) is 0 Å². The number of morpholine rings is 1. The van der Waals surface area contributed by atoms with Gasteiger partial charge in [-0.3, -0.25) is 4.79 Å². The summed E-state index contributed by atoms with van der Waals surface area (Å²) in [5.74, 6) is 0.199. The summed E-state index contributed by atoms with van der Waals surface area (Å²) in [7, 11) is 2.06. The van der Waals surface area contributed by atoms with Gasteiger partial charge in [0.05, 0.1) is 13.2 Å². The van der Waals surface area contributed by atoms with Crippen LogP contribution in [-0.4, -0.2) is 62.1 Å². The van der Waals surface area contributed by atoms with E-state index in [9.17, 15) is 4.79 Å². The first kappa shape index (κ1) is 10.6. The van der Waals surface area contributed by atoms with Gasteiger partial charge in [-0.05, 0) is 13.5 Å². The van der Waals surface area contributed by atoms with E-state index in [-0.39, 0.29) is 5.91 Å². The molecule has 2 aliphatic heterocycles. The van der Waals surface area contributed by atoms with Crippen LogP contribution in [0.1, 0.15) is 6.42 Å². The highest BCUT2D eigenvalue weighted by molar-refractivity contribution is 5.94. The maximum absolute atomic E-state index is 12.1. The second-order valence-electron chi connectivity index (χ2n) is 4.16. The van der Waals surface area contributed by atoms with Crippen LogP contribution in [0.2, 0.25) is 0 Å². The molecule has 2 rings (SSSR count). The molecular weight excluding hydrogens is 192 g/mol. The Morgan fingerprint density at radius 1 is 1.33 bits per heavy atom. The van der Waals surface area contributed by atoms with E-state index in [2.05, 4.69) is 18.0 Å².